The zero-order valence-electron chi connectivity index (χ0n) is 17.7. The van der Waals surface area contributed by atoms with Gasteiger partial charge in [-0.1, -0.05) is 0 Å². The van der Waals surface area contributed by atoms with Crippen LogP contribution in [0.25, 0.3) is 0 Å². The Morgan fingerprint density at radius 2 is 1.13 bits per heavy atom. The Kier molecular flexibility index (Phi) is 14.1. The van der Waals surface area contributed by atoms with E-state index in [1.807, 2.05) is 0 Å². The Balaban J connectivity index is 4.47. The zero-order chi connectivity index (χ0) is 23.1. The monoisotopic (exact) mass is 415 g/mol. The molecule has 0 unspecified atom stereocenters. The highest BCUT2D eigenvalue weighted by atomic mass is 16.2. The summed E-state index contributed by atoms with van der Waals surface area (Å²) in [5.41, 5.74) is 0. The maximum absolute atomic E-state index is 12.1. The smallest absolute Gasteiger partial charge is 0.239 e. The molecule has 0 aromatic rings. The second kappa shape index (κ2) is 15.4. The average molecular weight is 415 g/mol. The quantitative estimate of drug-likeness (QED) is 0.296. The summed E-state index contributed by atoms with van der Waals surface area (Å²) in [7, 11) is 17.4. The van der Waals surface area contributed by atoms with Gasteiger partial charge < -0.3 is 25.3 Å². The lowest BCUT2D eigenvalue weighted by Gasteiger charge is -2.24. The molecule has 0 aromatic heterocycles. The van der Waals surface area contributed by atoms with E-state index in [9.17, 15) is 24.0 Å². The maximum atomic E-state index is 12.1. The molecule has 0 aromatic carbocycles. The first-order valence-electron chi connectivity index (χ1n) is 9.63. The first-order chi connectivity index (χ1) is 14.2. The molecule has 13 heteroatoms. The van der Waals surface area contributed by atoms with Crippen molar-refractivity contribution in [3.63, 3.8) is 0 Å². The predicted molar refractivity (Wildman–Crippen MR) is 114 cm³/mol. The molecule has 160 valence electrons. The summed E-state index contributed by atoms with van der Waals surface area (Å²) in [6.45, 7) is 2.51. The van der Waals surface area contributed by atoms with E-state index < -0.39 is 17.7 Å². The van der Waals surface area contributed by atoms with Crippen LogP contribution in [0.3, 0.4) is 0 Å². The molecule has 0 aliphatic heterocycles. The Hall–Kier alpha value is -2.46. The third kappa shape index (κ3) is 10.9. The van der Waals surface area contributed by atoms with E-state index in [2.05, 4.69) is 10.6 Å². The van der Waals surface area contributed by atoms with Gasteiger partial charge in [0.2, 0.25) is 29.5 Å². The van der Waals surface area contributed by atoms with Crippen LogP contribution in [0.15, 0.2) is 0 Å². The molecule has 5 amide bonds. The SMILES string of the molecule is [B]CC(=O)N(C)CC(=O)NCCN(CC(=O)NCCN(CC)C(=O)C[B])C(=O)C[B]. The highest BCUT2D eigenvalue weighted by molar-refractivity contribution is 6.20. The minimum absolute atomic E-state index is 0.0660. The highest BCUT2D eigenvalue weighted by Gasteiger charge is 2.17. The fourth-order valence-corrected chi connectivity index (χ4v) is 2.41. The molecule has 0 fully saturated rings. The van der Waals surface area contributed by atoms with Crippen molar-refractivity contribution in [3.05, 3.63) is 0 Å². The van der Waals surface area contributed by atoms with Crippen LogP contribution in [0.2, 0.25) is 19.0 Å². The summed E-state index contributed by atoms with van der Waals surface area (Å²) in [4.78, 5) is 62.8. The van der Waals surface area contributed by atoms with Crippen LogP contribution in [-0.4, -0.2) is 121 Å². The number of likely N-dealkylation sites (N-methyl/N-ethyl adjacent to an activating group) is 2. The molecule has 0 bridgehead atoms. The number of carbonyl (C=O) groups excluding carboxylic acids is 5. The summed E-state index contributed by atoms with van der Waals surface area (Å²) in [6, 6.07) is 0. The lowest BCUT2D eigenvalue weighted by Crippen LogP contribution is -2.46. The van der Waals surface area contributed by atoms with E-state index in [0.29, 0.717) is 13.1 Å². The zero-order valence-corrected chi connectivity index (χ0v) is 17.7. The Morgan fingerprint density at radius 1 is 0.700 bits per heavy atom. The number of nitrogens with one attached hydrogen (secondary N) is 2. The lowest BCUT2D eigenvalue weighted by molar-refractivity contribution is -0.135. The molecule has 0 saturated heterocycles. The number of nitrogens with zero attached hydrogens (tertiary/aromatic N) is 3. The average Bonchev–Trinajstić information content (AvgIpc) is 2.74. The highest BCUT2D eigenvalue weighted by Crippen LogP contribution is 1.95. The maximum Gasteiger partial charge on any atom is 0.239 e. The minimum Gasteiger partial charge on any atom is -0.353 e. The molecular weight excluding hydrogens is 387 g/mol. The summed E-state index contributed by atoms with van der Waals surface area (Å²) in [5.74, 6) is -1.90. The van der Waals surface area contributed by atoms with Crippen LogP contribution in [0, 0.1) is 0 Å². The van der Waals surface area contributed by atoms with Crippen LogP contribution in [0.1, 0.15) is 6.92 Å². The molecule has 2 N–H and O–H groups in total. The minimum atomic E-state index is -0.455. The normalized spacial score (nSPS) is 10.1. The van der Waals surface area contributed by atoms with Crippen molar-refractivity contribution in [2.75, 3.05) is 52.9 Å². The number of rotatable bonds is 14. The third-order valence-corrected chi connectivity index (χ3v) is 4.16. The molecule has 0 spiro atoms. The van der Waals surface area contributed by atoms with Crippen molar-refractivity contribution in [2.45, 2.75) is 25.9 Å². The Bertz CT molecular complexity index is 608. The number of amides is 5. The van der Waals surface area contributed by atoms with Crippen molar-refractivity contribution in [1.82, 2.24) is 25.3 Å². The van der Waals surface area contributed by atoms with Gasteiger partial charge in [-0.2, -0.15) is 0 Å². The van der Waals surface area contributed by atoms with Gasteiger partial charge in [-0.15, -0.1) is 0 Å². The summed E-state index contributed by atoms with van der Waals surface area (Å²) < 4.78 is 0. The second-order valence-corrected chi connectivity index (χ2v) is 6.35. The molecule has 30 heavy (non-hydrogen) atoms. The molecule has 0 aliphatic carbocycles. The first-order valence-corrected chi connectivity index (χ1v) is 9.63. The number of hydrogen-bond donors (Lipinski definition) is 2. The van der Waals surface area contributed by atoms with Gasteiger partial charge in [-0.05, 0) is 25.9 Å². The molecule has 10 nitrogen and oxygen atoms in total. The van der Waals surface area contributed by atoms with Gasteiger partial charge in [0.1, 0.15) is 0 Å². The Labute approximate surface area is 181 Å². The van der Waals surface area contributed by atoms with Gasteiger partial charge in [0.05, 0.1) is 36.6 Å². The predicted octanol–water partition coefficient (Wildman–Crippen LogP) is -2.89. The molecule has 0 rings (SSSR count). The molecule has 0 saturated carbocycles. The van der Waals surface area contributed by atoms with E-state index in [-0.39, 0.29) is 63.5 Å². The molecular formula is C17H28B3N5O5. The Morgan fingerprint density at radius 3 is 1.60 bits per heavy atom. The van der Waals surface area contributed by atoms with Gasteiger partial charge in [0.25, 0.3) is 0 Å². The van der Waals surface area contributed by atoms with Crippen molar-refractivity contribution < 1.29 is 24.0 Å². The van der Waals surface area contributed by atoms with Gasteiger partial charge in [0.15, 0.2) is 0 Å². The first kappa shape index (κ1) is 27.5. The summed E-state index contributed by atoms with van der Waals surface area (Å²) in [5, 5.41) is 5.19. The fraction of sp³-hybridized carbons (Fsp3) is 0.706. The van der Waals surface area contributed by atoms with E-state index >= 15 is 0 Å². The van der Waals surface area contributed by atoms with Gasteiger partial charge in [-0.3, -0.25) is 24.0 Å². The largest absolute Gasteiger partial charge is 0.353 e. The summed E-state index contributed by atoms with van der Waals surface area (Å²) in [6.07, 6.45) is -0.597. The third-order valence-electron chi connectivity index (χ3n) is 4.16. The van der Waals surface area contributed by atoms with Crippen LogP contribution in [0.4, 0.5) is 0 Å². The van der Waals surface area contributed by atoms with Crippen LogP contribution < -0.4 is 10.6 Å². The van der Waals surface area contributed by atoms with E-state index in [4.69, 9.17) is 23.5 Å². The second-order valence-electron chi connectivity index (χ2n) is 6.35. The van der Waals surface area contributed by atoms with Crippen molar-refractivity contribution in [3.8, 4) is 0 Å². The van der Waals surface area contributed by atoms with Crippen molar-refractivity contribution in [2.24, 2.45) is 0 Å². The number of carbonyl (C=O) groups is 5. The van der Waals surface area contributed by atoms with E-state index in [0.717, 1.165) is 0 Å². The standard InChI is InChI=1S/C17H28B3N5O5/c1-3-24(16(29)9-19)6-4-22-14(27)12-25(17(30)10-20)7-5-21-13(26)11-23(2)15(28)8-18/h3-12H2,1-2H3,(H,21,26)(H,22,27). The van der Waals surface area contributed by atoms with E-state index in [1.54, 1.807) is 6.92 Å². The van der Waals surface area contributed by atoms with Crippen LogP contribution in [-0.2, 0) is 24.0 Å². The molecule has 0 heterocycles. The van der Waals surface area contributed by atoms with Crippen LogP contribution in [0.5, 0.6) is 0 Å². The lowest BCUT2D eigenvalue weighted by atomic mass is 10.0. The van der Waals surface area contributed by atoms with Crippen LogP contribution >= 0.6 is 0 Å². The summed E-state index contributed by atoms with van der Waals surface area (Å²) >= 11 is 0. The van der Waals surface area contributed by atoms with Crippen molar-refractivity contribution >= 4 is 53.1 Å². The molecule has 6 radical (unpaired) electrons. The molecule has 0 atom stereocenters. The topological polar surface area (TPSA) is 119 Å². The molecule has 0 aliphatic rings. The van der Waals surface area contributed by atoms with Crippen molar-refractivity contribution in [1.29, 1.82) is 0 Å². The van der Waals surface area contributed by atoms with Gasteiger partial charge >= 0.3 is 0 Å². The fourth-order valence-electron chi connectivity index (χ4n) is 2.41. The van der Waals surface area contributed by atoms with Gasteiger partial charge in [0, 0.05) is 39.8 Å². The van der Waals surface area contributed by atoms with E-state index in [1.165, 1.54) is 21.7 Å². The van der Waals surface area contributed by atoms with Gasteiger partial charge in [-0.25, -0.2) is 0 Å². The number of hydrogen-bond acceptors (Lipinski definition) is 5.